The monoisotopic (exact) mass is 403 g/mol. The lowest BCUT2D eigenvalue weighted by molar-refractivity contribution is -0.121. The van der Waals surface area contributed by atoms with Gasteiger partial charge in [-0.2, -0.15) is 0 Å². The SMILES string of the molecule is COc1ccc(C(NC(=O)Cc2ccc(Cl)cc2Cl)c2nccn2C)cc1. The van der Waals surface area contributed by atoms with Crippen molar-refractivity contribution in [1.82, 2.24) is 14.9 Å². The number of carbonyl (C=O) groups excluding carboxylic acids is 1. The minimum atomic E-state index is -0.394. The molecule has 3 aromatic rings. The molecule has 5 nitrogen and oxygen atoms in total. The van der Waals surface area contributed by atoms with E-state index in [2.05, 4.69) is 10.3 Å². The van der Waals surface area contributed by atoms with Crippen LogP contribution in [-0.2, 0) is 18.3 Å². The minimum absolute atomic E-state index is 0.146. The van der Waals surface area contributed by atoms with E-state index < -0.39 is 6.04 Å². The van der Waals surface area contributed by atoms with E-state index in [-0.39, 0.29) is 12.3 Å². The van der Waals surface area contributed by atoms with Gasteiger partial charge in [0.15, 0.2) is 0 Å². The van der Waals surface area contributed by atoms with Crippen LogP contribution in [0.4, 0.5) is 0 Å². The predicted molar refractivity (Wildman–Crippen MR) is 106 cm³/mol. The first-order valence-corrected chi connectivity index (χ1v) is 9.08. The topological polar surface area (TPSA) is 56.1 Å². The van der Waals surface area contributed by atoms with Crippen LogP contribution in [0, 0.1) is 0 Å². The van der Waals surface area contributed by atoms with Crippen LogP contribution in [0.25, 0.3) is 0 Å². The molecule has 1 N–H and O–H groups in total. The number of methoxy groups -OCH3 is 1. The van der Waals surface area contributed by atoms with Gasteiger partial charge in [0.25, 0.3) is 0 Å². The van der Waals surface area contributed by atoms with Crippen LogP contribution >= 0.6 is 23.2 Å². The number of nitrogens with one attached hydrogen (secondary N) is 1. The molecule has 7 heteroatoms. The molecule has 0 aliphatic rings. The van der Waals surface area contributed by atoms with Gasteiger partial charge in [0, 0.05) is 29.5 Å². The zero-order chi connectivity index (χ0) is 19.4. The molecule has 27 heavy (non-hydrogen) atoms. The fraction of sp³-hybridized carbons (Fsp3) is 0.200. The summed E-state index contributed by atoms with van der Waals surface area (Å²) in [7, 11) is 3.50. The molecule has 140 valence electrons. The number of amides is 1. The van der Waals surface area contributed by atoms with Crippen molar-refractivity contribution in [3.63, 3.8) is 0 Å². The zero-order valence-electron chi connectivity index (χ0n) is 14.9. The van der Waals surface area contributed by atoms with E-state index in [1.807, 2.05) is 42.1 Å². The standard InChI is InChI=1S/C20H19Cl2N3O2/c1-25-10-9-23-20(25)19(13-4-7-16(27-2)8-5-13)24-18(26)11-14-3-6-15(21)12-17(14)22/h3-10,12,19H,11H2,1-2H3,(H,24,26). The Morgan fingerprint density at radius 2 is 1.96 bits per heavy atom. The highest BCUT2D eigenvalue weighted by molar-refractivity contribution is 6.35. The number of hydrogen-bond donors (Lipinski definition) is 1. The zero-order valence-corrected chi connectivity index (χ0v) is 16.5. The van der Waals surface area contributed by atoms with Crippen molar-refractivity contribution in [2.24, 2.45) is 7.05 Å². The first-order valence-electron chi connectivity index (χ1n) is 8.32. The average Bonchev–Trinajstić information content (AvgIpc) is 3.08. The largest absolute Gasteiger partial charge is 0.497 e. The van der Waals surface area contributed by atoms with E-state index in [4.69, 9.17) is 27.9 Å². The number of ether oxygens (including phenoxy) is 1. The normalized spacial score (nSPS) is 11.9. The fourth-order valence-corrected chi connectivity index (χ4v) is 3.27. The maximum Gasteiger partial charge on any atom is 0.225 e. The number of imidazole rings is 1. The highest BCUT2D eigenvalue weighted by Crippen LogP contribution is 2.24. The van der Waals surface area contributed by atoms with Gasteiger partial charge >= 0.3 is 0 Å². The molecule has 0 aliphatic heterocycles. The number of nitrogens with zero attached hydrogens (tertiary/aromatic N) is 2. The second-order valence-electron chi connectivity index (χ2n) is 6.08. The molecule has 1 aromatic heterocycles. The number of rotatable bonds is 6. The van der Waals surface area contributed by atoms with Crippen molar-refractivity contribution in [3.05, 3.63) is 81.9 Å². The lowest BCUT2D eigenvalue weighted by Gasteiger charge is -2.20. The van der Waals surface area contributed by atoms with E-state index in [9.17, 15) is 4.79 Å². The molecule has 1 atom stereocenters. The van der Waals surface area contributed by atoms with Gasteiger partial charge in [-0.15, -0.1) is 0 Å². The molecule has 1 heterocycles. The Hall–Kier alpha value is -2.50. The van der Waals surface area contributed by atoms with E-state index in [0.29, 0.717) is 15.6 Å². The Morgan fingerprint density at radius 3 is 2.56 bits per heavy atom. The van der Waals surface area contributed by atoms with Gasteiger partial charge in [0.05, 0.1) is 13.5 Å². The highest BCUT2D eigenvalue weighted by Gasteiger charge is 2.21. The Morgan fingerprint density at radius 1 is 1.22 bits per heavy atom. The van der Waals surface area contributed by atoms with Crippen molar-refractivity contribution in [2.45, 2.75) is 12.5 Å². The van der Waals surface area contributed by atoms with Gasteiger partial charge in [-0.25, -0.2) is 4.98 Å². The summed E-state index contributed by atoms with van der Waals surface area (Å²) in [6.07, 6.45) is 3.69. The smallest absolute Gasteiger partial charge is 0.225 e. The molecule has 0 spiro atoms. The van der Waals surface area contributed by atoms with Gasteiger partial charge in [-0.3, -0.25) is 4.79 Å². The summed E-state index contributed by atoms with van der Waals surface area (Å²) in [4.78, 5) is 17.1. The van der Waals surface area contributed by atoms with Gasteiger partial charge < -0.3 is 14.6 Å². The second-order valence-corrected chi connectivity index (χ2v) is 6.93. The third kappa shape index (κ3) is 4.62. The fourth-order valence-electron chi connectivity index (χ4n) is 2.80. The van der Waals surface area contributed by atoms with Crippen LogP contribution in [0.1, 0.15) is 23.0 Å². The molecule has 0 bridgehead atoms. The third-order valence-electron chi connectivity index (χ3n) is 4.24. The molecule has 0 aliphatic carbocycles. The predicted octanol–water partition coefficient (Wildman–Crippen LogP) is 4.18. The van der Waals surface area contributed by atoms with Gasteiger partial charge in [-0.1, -0.05) is 41.4 Å². The molecular formula is C20H19Cl2N3O2. The number of halogens is 2. The molecule has 2 aromatic carbocycles. The molecule has 0 saturated carbocycles. The first-order chi connectivity index (χ1) is 13.0. The van der Waals surface area contributed by atoms with Crippen LogP contribution in [0.15, 0.2) is 54.9 Å². The summed E-state index contributed by atoms with van der Waals surface area (Å²) in [5.41, 5.74) is 1.62. The maximum atomic E-state index is 12.7. The van der Waals surface area contributed by atoms with Crippen molar-refractivity contribution in [1.29, 1.82) is 0 Å². The minimum Gasteiger partial charge on any atom is -0.497 e. The highest BCUT2D eigenvalue weighted by atomic mass is 35.5. The second kappa shape index (κ2) is 8.46. The molecular weight excluding hydrogens is 385 g/mol. The van der Waals surface area contributed by atoms with Crippen LogP contribution in [0.2, 0.25) is 10.0 Å². The summed E-state index contributed by atoms with van der Waals surface area (Å²) in [6.45, 7) is 0. The van der Waals surface area contributed by atoms with Gasteiger partial charge in [-0.05, 0) is 35.4 Å². The van der Waals surface area contributed by atoms with Crippen LogP contribution in [0.5, 0.6) is 5.75 Å². The molecule has 0 radical (unpaired) electrons. The summed E-state index contributed by atoms with van der Waals surface area (Å²) in [5, 5.41) is 4.05. The Balaban J connectivity index is 1.84. The molecule has 3 rings (SSSR count). The van der Waals surface area contributed by atoms with Crippen molar-refractivity contribution >= 4 is 29.1 Å². The van der Waals surface area contributed by atoms with E-state index >= 15 is 0 Å². The molecule has 1 amide bonds. The number of carbonyl (C=O) groups is 1. The lowest BCUT2D eigenvalue weighted by atomic mass is 10.0. The number of hydrogen-bond acceptors (Lipinski definition) is 3. The maximum absolute atomic E-state index is 12.7. The number of aryl methyl sites for hydroxylation is 1. The molecule has 0 saturated heterocycles. The van der Waals surface area contributed by atoms with Crippen molar-refractivity contribution in [2.75, 3.05) is 7.11 Å². The molecule has 0 fully saturated rings. The molecule has 1 unspecified atom stereocenters. The Kier molecular flexibility index (Phi) is 6.04. The van der Waals surface area contributed by atoms with Crippen LogP contribution in [-0.4, -0.2) is 22.6 Å². The van der Waals surface area contributed by atoms with Crippen molar-refractivity contribution < 1.29 is 9.53 Å². The summed E-state index contributed by atoms with van der Waals surface area (Å²) in [6, 6.07) is 12.2. The van der Waals surface area contributed by atoms with Gasteiger partial charge in [0.1, 0.15) is 17.6 Å². The van der Waals surface area contributed by atoms with E-state index in [1.165, 1.54) is 0 Å². The number of aromatic nitrogens is 2. The first kappa shape index (κ1) is 19.3. The summed E-state index contributed by atoms with van der Waals surface area (Å²) < 4.78 is 7.09. The van der Waals surface area contributed by atoms with E-state index in [0.717, 1.165) is 17.1 Å². The summed E-state index contributed by atoms with van der Waals surface area (Å²) in [5.74, 6) is 1.32. The quantitative estimate of drug-likeness (QED) is 0.671. The number of benzene rings is 2. The third-order valence-corrected chi connectivity index (χ3v) is 4.82. The lowest BCUT2D eigenvalue weighted by Crippen LogP contribution is -2.32. The van der Waals surface area contributed by atoms with Gasteiger partial charge in [0.2, 0.25) is 5.91 Å². The van der Waals surface area contributed by atoms with Crippen LogP contribution < -0.4 is 10.1 Å². The van der Waals surface area contributed by atoms with E-state index in [1.54, 1.807) is 31.5 Å². The van der Waals surface area contributed by atoms with Crippen LogP contribution in [0.3, 0.4) is 0 Å². The Bertz CT molecular complexity index is 939. The average molecular weight is 404 g/mol. The Labute approximate surface area is 167 Å². The summed E-state index contributed by atoms with van der Waals surface area (Å²) >= 11 is 12.1. The van der Waals surface area contributed by atoms with Crippen molar-refractivity contribution in [3.8, 4) is 5.75 Å².